The summed E-state index contributed by atoms with van der Waals surface area (Å²) >= 11 is 0. The fraction of sp³-hybridized carbons (Fsp3) is 0.0909. The first-order valence-electron chi connectivity index (χ1n) is 8.70. The normalized spacial score (nSPS) is 12.1. The van der Waals surface area contributed by atoms with Crippen LogP contribution in [0.25, 0.3) is 16.6 Å². The summed E-state index contributed by atoms with van der Waals surface area (Å²) in [5, 5.41) is 19.0. The number of nitrogens with zero attached hydrogens (tertiary/aromatic N) is 2. The Bertz CT molecular complexity index is 1100. The van der Waals surface area contributed by atoms with Crippen molar-refractivity contribution in [2.24, 2.45) is 0 Å². The topological polar surface area (TPSA) is 67.2 Å². The van der Waals surface area contributed by atoms with Gasteiger partial charge in [0.2, 0.25) is 5.91 Å². The van der Waals surface area contributed by atoms with Gasteiger partial charge in [-0.3, -0.25) is 4.79 Å². The van der Waals surface area contributed by atoms with Gasteiger partial charge in [-0.1, -0.05) is 36.4 Å². The zero-order valence-electron chi connectivity index (χ0n) is 14.8. The highest BCUT2D eigenvalue weighted by atomic mass is 16.3. The van der Waals surface area contributed by atoms with Crippen molar-refractivity contribution in [2.45, 2.75) is 13.0 Å². The minimum atomic E-state index is -0.789. The molecule has 134 valence electrons. The first kappa shape index (κ1) is 17.0. The second-order valence-corrected chi connectivity index (χ2v) is 6.42. The van der Waals surface area contributed by atoms with E-state index in [0.29, 0.717) is 5.69 Å². The number of fused-ring (bicyclic) bond motifs is 1. The molecule has 0 bridgehead atoms. The van der Waals surface area contributed by atoms with E-state index in [2.05, 4.69) is 10.4 Å². The standard InChI is InChI=1S/C22H19N3O2/c1-15(26)24-19-7-5-6-16(13-19)22(27)17-10-11-21-18(12-17)14-23-25(21)20-8-3-2-4-9-20/h2-14,22,27H,1H3,(H,24,26). The Morgan fingerprint density at radius 2 is 1.78 bits per heavy atom. The molecule has 4 rings (SSSR count). The van der Waals surface area contributed by atoms with E-state index in [9.17, 15) is 9.90 Å². The number of amides is 1. The van der Waals surface area contributed by atoms with E-state index in [1.807, 2.05) is 65.3 Å². The highest BCUT2D eigenvalue weighted by Crippen LogP contribution is 2.28. The van der Waals surface area contributed by atoms with Gasteiger partial charge in [0.05, 0.1) is 17.4 Å². The number of aliphatic hydroxyl groups excluding tert-OH is 1. The molecule has 0 spiro atoms. The van der Waals surface area contributed by atoms with Crippen molar-refractivity contribution in [2.75, 3.05) is 5.32 Å². The van der Waals surface area contributed by atoms with E-state index < -0.39 is 6.10 Å². The van der Waals surface area contributed by atoms with Gasteiger partial charge >= 0.3 is 0 Å². The molecule has 0 radical (unpaired) electrons. The zero-order valence-corrected chi connectivity index (χ0v) is 14.8. The maximum Gasteiger partial charge on any atom is 0.221 e. The van der Waals surface area contributed by atoms with Gasteiger partial charge in [-0.25, -0.2) is 4.68 Å². The summed E-state index contributed by atoms with van der Waals surface area (Å²) in [6, 6.07) is 23.0. The van der Waals surface area contributed by atoms with Crippen LogP contribution in [0.15, 0.2) is 79.0 Å². The average molecular weight is 357 g/mol. The van der Waals surface area contributed by atoms with Crippen LogP contribution in [0.5, 0.6) is 0 Å². The molecule has 3 aromatic carbocycles. The monoisotopic (exact) mass is 357 g/mol. The van der Waals surface area contributed by atoms with Crippen molar-refractivity contribution >= 4 is 22.5 Å². The average Bonchev–Trinajstić information content (AvgIpc) is 3.11. The summed E-state index contributed by atoms with van der Waals surface area (Å²) < 4.78 is 1.88. The van der Waals surface area contributed by atoms with E-state index in [4.69, 9.17) is 0 Å². The minimum Gasteiger partial charge on any atom is -0.384 e. The lowest BCUT2D eigenvalue weighted by Crippen LogP contribution is -2.07. The van der Waals surface area contributed by atoms with E-state index in [0.717, 1.165) is 27.7 Å². The number of hydrogen-bond acceptors (Lipinski definition) is 3. The lowest BCUT2D eigenvalue weighted by Gasteiger charge is -2.13. The predicted molar refractivity (Wildman–Crippen MR) is 106 cm³/mol. The molecule has 1 aromatic heterocycles. The van der Waals surface area contributed by atoms with Gasteiger partial charge in [0, 0.05) is 18.0 Å². The van der Waals surface area contributed by atoms with Gasteiger partial charge in [0.15, 0.2) is 0 Å². The summed E-state index contributed by atoms with van der Waals surface area (Å²) in [7, 11) is 0. The highest BCUT2D eigenvalue weighted by Gasteiger charge is 2.13. The van der Waals surface area contributed by atoms with E-state index in [1.54, 1.807) is 18.3 Å². The van der Waals surface area contributed by atoms with Crippen molar-refractivity contribution in [1.82, 2.24) is 9.78 Å². The lowest BCUT2D eigenvalue weighted by atomic mass is 10.00. The summed E-state index contributed by atoms with van der Waals surface area (Å²) in [6.45, 7) is 1.46. The summed E-state index contributed by atoms with van der Waals surface area (Å²) in [5.74, 6) is -0.142. The number of carbonyl (C=O) groups excluding carboxylic acids is 1. The van der Waals surface area contributed by atoms with Crippen LogP contribution in [0.1, 0.15) is 24.2 Å². The molecule has 5 heteroatoms. The molecular weight excluding hydrogens is 338 g/mol. The number of carbonyl (C=O) groups is 1. The lowest BCUT2D eigenvalue weighted by molar-refractivity contribution is -0.114. The molecule has 1 atom stereocenters. The Balaban J connectivity index is 1.67. The van der Waals surface area contributed by atoms with Gasteiger partial charge in [-0.15, -0.1) is 0 Å². The van der Waals surface area contributed by atoms with Gasteiger partial charge in [-0.05, 0) is 47.5 Å². The van der Waals surface area contributed by atoms with Crippen LogP contribution in [0.4, 0.5) is 5.69 Å². The fourth-order valence-corrected chi connectivity index (χ4v) is 3.18. The SMILES string of the molecule is CC(=O)Nc1cccc(C(O)c2ccc3c(cnn3-c3ccccc3)c2)c1. The van der Waals surface area contributed by atoms with Crippen LogP contribution >= 0.6 is 0 Å². The predicted octanol–water partition coefficient (Wildman–Crippen LogP) is 4.07. The second kappa shape index (κ2) is 7.05. The van der Waals surface area contributed by atoms with Crippen LogP contribution in [-0.2, 0) is 4.79 Å². The van der Waals surface area contributed by atoms with Crippen molar-refractivity contribution in [3.63, 3.8) is 0 Å². The molecule has 5 nitrogen and oxygen atoms in total. The number of aromatic nitrogens is 2. The van der Waals surface area contributed by atoms with Crippen molar-refractivity contribution < 1.29 is 9.90 Å². The molecule has 27 heavy (non-hydrogen) atoms. The summed E-state index contributed by atoms with van der Waals surface area (Å²) in [5.41, 5.74) is 4.12. The van der Waals surface area contributed by atoms with Crippen molar-refractivity contribution in [1.29, 1.82) is 0 Å². The number of para-hydroxylation sites is 1. The van der Waals surface area contributed by atoms with Crippen LogP contribution < -0.4 is 5.32 Å². The van der Waals surface area contributed by atoms with Crippen molar-refractivity contribution in [3.8, 4) is 5.69 Å². The molecule has 0 saturated heterocycles. The first-order valence-corrected chi connectivity index (χ1v) is 8.70. The fourth-order valence-electron chi connectivity index (χ4n) is 3.18. The quantitative estimate of drug-likeness (QED) is 0.579. The molecule has 2 N–H and O–H groups in total. The summed E-state index contributed by atoms with van der Waals surface area (Å²) in [4.78, 5) is 11.2. The third kappa shape index (κ3) is 3.45. The Morgan fingerprint density at radius 1 is 1.00 bits per heavy atom. The molecule has 0 aliphatic rings. The highest BCUT2D eigenvalue weighted by molar-refractivity contribution is 5.88. The molecule has 0 fully saturated rings. The largest absolute Gasteiger partial charge is 0.384 e. The maximum absolute atomic E-state index is 11.2. The Labute approximate surface area is 156 Å². The number of anilines is 1. The van der Waals surface area contributed by atoms with Crippen LogP contribution in [-0.4, -0.2) is 20.8 Å². The molecule has 4 aromatic rings. The Hall–Kier alpha value is -3.44. The van der Waals surface area contributed by atoms with Crippen LogP contribution in [0, 0.1) is 0 Å². The third-order valence-corrected chi connectivity index (χ3v) is 4.43. The second-order valence-electron chi connectivity index (χ2n) is 6.42. The number of hydrogen-bond donors (Lipinski definition) is 2. The molecule has 0 saturated carbocycles. The molecule has 1 unspecified atom stereocenters. The molecule has 0 aliphatic heterocycles. The van der Waals surface area contributed by atoms with Gasteiger partial charge < -0.3 is 10.4 Å². The maximum atomic E-state index is 11.2. The molecular formula is C22H19N3O2. The van der Waals surface area contributed by atoms with Crippen LogP contribution in [0.3, 0.4) is 0 Å². The third-order valence-electron chi connectivity index (χ3n) is 4.43. The molecule has 0 aliphatic carbocycles. The van der Waals surface area contributed by atoms with E-state index >= 15 is 0 Å². The van der Waals surface area contributed by atoms with Crippen molar-refractivity contribution in [3.05, 3.63) is 90.1 Å². The van der Waals surface area contributed by atoms with Gasteiger partial charge in [-0.2, -0.15) is 5.10 Å². The zero-order chi connectivity index (χ0) is 18.8. The molecule has 1 heterocycles. The smallest absolute Gasteiger partial charge is 0.221 e. The van der Waals surface area contributed by atoms with Crippen LogP contribution in [0.2, 0.25) is 0 Å². The van der Waals surface area contributed by atoms with Gasteiger partial charge in [0.25, 0.3) is 0 Å². The Kier molecular flexibility index (Phi) is 4.44. The van der Waals surface area contributed by atoms with E-state index in [-0.39, 0.29) is 5.91 Å². The first-order chi connectivity index (χ1) is 13.1. The number of benzene rings is 3. The molecule has 1 amide bonds. The Morgan fingerprint density at radius 3 is 2.56 bits per heavy atom. The number of aliphatic hydroxyl groups is 1. The number of nitrogens with one attached hydrogen (secondary N) is 1. The minimum absolute atomic E-state index is 0.142. The van der Waals surface area contributed by atoms with Gasteiger partial charge in [0.1, 0.15) is 6.10 Å². The summed E-state index contributed by atoms with van der Waals surface area (Å²) in [6.07, 6.45) is 1.01. The van der Waals surface area contributed by atoms with E-state index in [1.165, 1.54) is 6.92 Å². The number of rotatable bonds is 4.